The third-order valence-electron chi connectivity index (χ3n) is 3.94. The molecule has 0 radical (unpaired) electrons. The molecular weight excluding hydrogens is 241 g/mol. The summed E-state index contributed by atoms with van der Waals surface area (Å²) in [7, 11) is 0. The maximum absolute atomic E-state index is 13.5. The normalized spacial score (nSPS) is 23.8. The van der Waals surface area contributed by atoms with Crippen molar-refractivity contribution in [1.82, 2.24) is 5.32 Å². The molecule has 106 valence electrons. The molecule has 0 atom stereocenters. The maximum atomic E-state index is 13.5. The zero-order chi connectivity index (χ0) is 13.8. The molecule has 0 saturated heterocycles. The van der Waals surface area contributed by atoms with Gasteiger partial charge in [-0.25, -0.2) is 4.39 Å². The fourth-order valence-electron chi connectivity index (χ4n) is 2.65. The van der Waals surface area contributed by atoms with E-state index in [0.717, 1.165) is 36.8 Å². The van der Waals surface area contributed by atoms with Crippen molar-refractivity contribution in [3.8, 4) is 0 Å². The number of aliphatic hydroxyl groups is 1. The Labute approximate surface area is 115 Å². The summed E-state index contributed by atoms with van der Waals surface area (Å²) in [5.41, 5.74) is 2.06. The Balaban J connectivity index is 1.92. The van der Waals surface area contributed by atoms with E-state index in [4.69, 9.17) is 0 Å². The summed E-state index contributed by atoms with van der Waals surface area (Å²) in [6, 6.07) is 5.76. The van der Waals surface area contributed by atoms with E-state index >= 15 is 0 Å². The molecule has 0 spiro atoms. The number of hydrogen-bond donors (Lipinski definition) is 2. The van der Waals surface area contributed by atoms with Gasteiger partial charge in [-0.2, -0.15) is 0 Å². The molecule has 2 nitrogen and oxygen atoms in total. The highest BCUT2D eigenvalue weighted by atomic mass is 19.1. The van der Waals surface area contributed by atoms with Crippen LogP contribution in [0.4, 0.5) is 4.39 Å². The molecular formula is C16H24FNO. The fourth-order valence-corrected chi connectivity index (χ4v) is 2.65. The van der Waals surface area contributed by atoms with Gasteiger partial charge in [0.25, 0.3) is 0 Å². The van der Waals surface area contributed by atoms with Crippen molar-refractivity contribution in [2.24, 2.45) is 0 Å². The number of rotatable bonds is 4. The predicted molar refractivity (Wildman–Crippen MR) is 75.6 cm³/mol. The zero-order valence-corrected chi connectivity index (χ0v) is 11.8. The van der Waals surface area contributed by atoms with Crippen molar-refractivity contribution in [3.63, 3.8) is 0 Å². The predicted octanol–water partition coefficient (Wildman–Crippen LogP) is 3.34. The molecule has 0 heterocycles. The summed E-state index contributed by atoms with van der Waals surface area (Å²) in [5, 5.41) is 12.9. The minimum atomic E-state index is -0.151. The van der Waals surface area contributed by atoms with Crippen LogP contribution in [0.1, 0.15) is 56.6 Å². The van der Waals surface area contributed by atoms with Gasteiger partial charge in [-0.15, -0.1) is 0 Å². The Morgan fingerprint density at radius 3 is 2.53 bits per heavy atom. The van der Waals surface area contributed by atoms with Gasteiger partial charge in [0.15, 0.2) is 0 Å². The minimum absolute atomic E-state index is 0.125. The second-order valence-corrected chi connectivity index (χ2v) is 5.93. The molecule has 0 amide bonds. The summed E-state index contributed by atoms with van der Waals surface area (Å²) in [6.07, 6.45) is 3.64. The molecule has 19 heavy (non-hydrogen) atoms. The lowest BCUT2D eigenvalue weighted by Gasteiger charge is -2.26. The Hall–Kier alpha value is -0.930. The summed E-state index contributed by atoms with van der Waals surface area (Å²) in [5.74, 6) is 0.196. The zero-order valence-electron chi connectivity index (χ0n) is 11.8. The number of halogens is 1. The molecule has 1 aliphatic carbocycles. The van der Waals surface area contributed by atoms with Gasteiger partial charge in [0.2, 0.25) is 0 Å². The van der Waals surface area contributed by atoms with Gasteiger partial charge in [-0.3, -0.25) is 0 Å². The molecule has 0 unspecified atom stereocenters. The van der Waals surface area contributed by atoms with Crippen LogP contribution in [-0.4, -0.2) is 17.3 Å². The average molecular weight is 265 g/mol. The monoisotopic (exact) mass is 265 g/mol. The van der Waals surface area contributed by atoms with E-state index in [1.54, 1.807) is 12.1 Å². The molecule has 3 heteroatoms. The molecule has 0 bridgehead atoms. The second kappa shape index (κ2) is 6.49. The molecule has 2 N–H and O–H groups in total. The van der Waals surface area contributed by atoms with Gasteiger partial charge in [-0.1, -0.05) is 19.9 Å². The van der Waals surface area contributed by atoms with Crippen molar-refractivity contribution in [1.29, 1.82) is 0 Å². The highest BCUT2D eigenvalue weighted by Crippen LogP contribution is 2.20. The minimum Gasteiger partial charge on any atom is -0.393 e. The lowest BCUT2D eigenvalue weighted by molar-refractivity contribution is 0.116. The Morgan fingerprint density at radius 2 is 1.89 bits per heavy atom. The van der Waals surface area contributed by atoms with Crippen molar-refractivity contribution in [2.75, 3.05) is 0 Å². The van der Waals surface area contributed by atoms with Crippen LogP contribution in [0.5, 0.6) is 0 Å². The van der Waals surface area contributed by atoms with Crippen LogP contribution in [0.3, 0.4) is 0 Å². The highest BCUT2D eigenvalue weighted by molar-refractivity contribution is 5.26. The largest absolute Gasteiger partial charge is 0.393 e. The van der Waals surface area contributed by atoms with Crippen LogP contribution in [0.25, 0.3) is 0 Å². The van der Waals surface area contributed by atoms with E-state index in [1.165, 1.54) is 0 Å². The summed E-state index contributed by atoms with van der Waals surface area (Å²) >= 11 is 0. The fraction of sp³-hybridized carbons (Fsp3) is 0.625. The van der Waals surface area contributed by atoms with Crippen LogP contribution < -0.4 is 5.32 Å². The Kier molecular flexibility index (Phi) is 4.94. The first-order chi connectivity index (χ1) is 9.04. The lowest BCUT2D eigenvalue weighted by Crippen LogP contribution is -2.34. The number of aliphatic hydroxyl groups excluding tert-OH is 1. The molecule has 1 fully saturated rings. The van der Waals surface area contributed by atoms with Crippen molar-refractivity contribution in [3.05, 3.63) is 35.1 Å². The molecule has 0 aliphatic heterocycles. The Morgan fingerprint density at radius 1 is 1.21 bits per heavy atom. The quantitative estimate of drug-likeness (QED) is 0.875. The molecule has 0 aromatic heterocycles. The van der Waals surface area contributed by atoms with Crippen LogP contribution in [0, 0.1) is 5.82 Å². The van der Waals surface area contributed by atoms with Crippen molar-refractivity contribution >= 4 is 0 Å². The van der Waals surface area contributed by atoms with Crippen LogP contribution >= 0.6 is 0 Å². The van der Waals surface area contributed by atoms with E-state index < -0.39 is 0 Å². The smallest absolute Gasteiger partial charge is 0.123 e. The van der Waals surface area contributed by atoms with Crippen LogP contribution in [0.2, 0.25) is 0 Å². The summed E-state index contributed by atoms with van der Waals surface area (Å²) in [4.78, 5) is 0. The third-order valence-corrected chi connectivity index (χ3v) is 3.94. The molecule has 1 aromatic carbocycles. The van der Waals surface area contributed by atoms with E-state index in [2.05, 4.69) is 25.2 Å². The first-order valence-corrected chi connectivity index (χ1v) is 7.25. The third kappa shape index (κ3) is 4.29. The molecule has 1 aromatic rings. The SMILES string of the molecule is CC(C)c1cc(F)cc(CNC2CCC(O)CC2)c1. The van der Waals surface area contributed by atoms with Gasteiger partial charge in [0.05, 0.1) is 6.10 Å². The molecule has 1 aliphatic rings. The first kappa shape index (κ1) is 14.5. The van der Waals surface area contributed by atoms with Gasteiger partial charge >= 0.3 is 0 Å². The number of nitrogens with one attached hydrogen (secondary N) is 1. The molecule has 2 rings (SSSR count). The summed E-state index contributed by atoms with van der Waals surface area (Å²) in [6.45, 7) is 4.86. The van der Waals surface area contributed by atoms with Gasteiger partial charge in [0.1, 0.15) is 5.82 Å². The summed E-state index contributed by atoms with van der Waals surface area (Å²) < 4.78 is 13.5. The average Bonchev–Trinajstić information content (AvgIpc) is 2.37. The number of benzene rings is 1. The van der Waals surface area contributed by atoms with E-state index in [9.17, 15) is 9.50 Å². The van der Waals surface area contributed by atoms with Crippen molar-refractivity contribution < 1.29 is 9.50 Å². The van der Waals surface area contributed by atoms with Crippen molar-refractivity contribution in [2.45, 2.75) is 64.1 Å². The second-order valence-electron chi connectivity index (χ2n) is 5.93. The Bertz CT molecular complexity index is 411. The lowest BCUT2D eigenvalue weighted by atomic mass is 9.93. The number of hydrogen-bond acceptors (Lipinski definition) is 2. The van der Waals surface area contributed by atoms with E-state index in [1.807, 2.05) is 0 Å². The van der Waals surface area contributed by atoms with Gasteiger partial charge in [0, 0.05) is 12.6 Å². The van der Waals surface area contributed by atoms with E-state index in [-0.39, 0.29) is 11.9 Å². The van der Waals surface area contributed by atoms with Gasteiger partial charge in [-0.05, 0) is 54.9 Å². The van der Waals surface area contributed by atoms with E-state index in [0.29, 0.717) is 18.5 Å². The van der Waals surface area contributed by atoms with Crippen LogP contribution in [-0.2, 0) is 6.54 Å². The van der Waals surface area contributed by atoms with Gasteiger partial charge < -0.3 is 10.4 Å². The standard InChI is InChI=1S/C16H24FNO/c1-11(2)13-7-12(8-14(17)9-13)10-18-15-3-5-16(19)6-4-15/h7-9,11,15-16,18-19H,3-6,10H2,1-2H3. The van der Waals surface area contributed by atoms with Crippen LogP contribution in [0.15, 0.2) is 18.2 Å². The first-order valence-electron chi connectivity index (χ1n) is 7.25. The molecule has 1 saturated carbocycles. The maximum Gasteiger partial charge on any atom is 0.123 e. The topological polar surface area (TPSA) is 32.3 Å². The highest BCUT2D eigenvalue weighted by Gasteiger charge is 2.18.